The summed E-state index contributed by atoms with van der Waals surface area (Å²) in [4.78, 5) is 24.0. The van der Waals surface area contributed by atoms with Crippen LogP contribution in [0.15, 0.2) is 33.9 Å². The Kier molecular flexibility index (Phi) is 4.29. The summed E-state index contributed by atoms with van der Waals surface area (Å²) < 4.78 is 6.01. The summed E-state index contributed by atoms with van der Waals surface area (Å²) in [6, 6.07) is 7.51. The van der Waals surface area contributed by atoms with Gasteiger partial charge in [0, 0.05) is 18.2 Å². The average Bonchev–Trinajstić information content (AvgIpc) is 3.26. The van der Waals surface area contributed by atoms with Crippen molar-refractivity contribution in [3.8, 4) is 0 Å². The van der Waals surface area contributed by atoms with E-state index in [2.05, 4.69) is 10.6 Å². The largest absolute Gasteiger partial charge is 0.376 e. The van der Waals surface area contributed by atoms with Crippen LogP contribution in [0, 0.1) is 0 Å². The molecule has 2 aromatic rings. The van der Waals surface area contributed by atoms with Gasteiger partial charge in [-0.2, -0.15) is 0 Å². The molecule has 4 rings (SSSR count). The van der Waals surface area contributed by atoms with Crippen molar-refractivity contribution >= 4 is 23.0 Å². The van der Waals surface area contributed by atoms with Crippen molar-refractivity contribution in [2.75, 3.05) is 17.2 Å². The molecule has 2 unspecified atom stereocenters. The predicted octanol–water partition coefficient (Wildman–Crippen LogP) is 3.06. The zero-order valence-corrected chi connectivity index (χ0v) is 14.7. The molecule has 132 valence electrons. The molecule has 1 aliphatic carbocycles. The summed E-state index contributed by atoms with van der Waals surface area (Å²) in [6.45, 7) is 1.26. The topological polar surface area (TPSA) is 67.4 Å². The number of nitrogens with one attached hydrogen (secondary N) is 2. The van der Waals surface area contributed by atoms with Gasteiger partial charge in [-0.1, -0.05) is 23.7 Å². The van der Waals surface area contributed by atoms with E-state index < -0.39 is 10.9 Å². The van der Waals surface area contributed by atoms with Crippen molar-refractivity contribution in [3.63, 3.8) is 0 Å². The van der Waals surface area contributed by atoms with Crippen LogP contribution < -0.4 is 21.5 Å². The van der Waals surface area contributed by atoms with Crippen molar-refractivity contribution in [2.24, 2.45) is 0 Å². The second-order valence-corrected chi connectivity index (χ2v) is 7.43. The highest BCUT2D eigenvalue weighted by Crippen LogP contribution is 2.42. The third kappa shape index (κ3) is 2.96. The van der Waals surface area contributed by atoms with Gasteiger partial charge in [-0.3, -0.25) is 9.59 Å². The van der Waals surface area contributed by atoms with Crippen LogP contribution in [0.3, 0.4) is 0 Å². The Balaban J connectivity index is 1.48. The molecule has 1 heterocycles. The molecular weight excluding hydrogens is 340 g/mol. The molecule has 6 heteroatoms. The predicted molar refractivity (Wildman–Crippen MR) is 99.3 cm³/mol. The molecule has 1 spiro atoms. The summed E-state index contributed by atoms with van der Waals surface area (Å²) in [5.41, 5.74) is 0.767. The first-order valence-electron chi connectivity index (χ1n) is 8.81. The van der Waals surface area contributed by atoms with Gasteiger partial charge in [0.25, 0.3) is 10.9 Å². The van der Waals surface area contributed by atoms with Crippen LogP contribution in [0.4, 0.5) is 11.4 Å². The Hall–Kier alpha value is -1.85. The van der Waals surface area contributed by atoms with E-state index in [1.807, 2.05) is 12.1 Å². The van der Waals surface area contributed by atoms with E-state index in [1.54, 1.807) is 12.1 Å². The third-order valence-corrected chi connectivity index (χ3v) is 5.73. The molecular formula is C19H21ClN2O3. The lowest BCUT2D eigenvalue weighted by atomic mass is 9.93. The summed E-state index contributed by atoms with van der Waals surface area (Å²) in [5.74, 6) is 0. The van der Waals surface area contributed by atoms with E-state index in [-0.39, 0.29) is 11.6 Å². The maximum Gasteiger partial charge on any atom is 0.253 e. The fourth-order valence-corrected chi connectivity index (χ4v) is 4.23. The Morgan fingerprint density at radius 2 is 1.80 bits per heavy atom. The monoisotopic (exact) mass is 360 g/mol. The first kappa shape index (κ1) is 16.6. The Morgan fingerprint density at radius 3 is 2.52 bits per heavy atom. The van der Waals surface area contributed by atoms with Crippen LogP contribution in [0.1, 0.15) is 37.7 Å². The van der Waals surface area contributed by atoms with Crippen molar-refractivity contribution in [1.82, 2.24) is 0 Å². The molecule has 5 nitrogen and oxygen atoms in total. The molecule has 0 amide bonds. The summed E-state index contributed by atoms with van der Waals surface area (Å²) >= 11 is 5.88. The number of ether oxygens (including phenoxy) is 1. The van der Waals surface area contributed by atoms with E-state index in [0.29, 0.717) is 22.9 Å². The molecule has 2 aromatic carbocycles. The molecule has 0 aromatic heterocycles. The minimum atomic E-state index is -0.448. The quantitative estimate of drug-likeness (QED) is 0.802. The van der Waals surface area contributed by atoms with E-state index in [4.69, 9.17) is 16.3 Å². The highest BCUT2D eigenvalue weighted by atomic mass is 35.5. The van der Waals surface area contributed by atoms with Gasteiger partial charge in [-0.25, -0.2) is 0 Å². The van der Waals surface area contributed by atoms with Gasteiger partial charge >= 0.3 is 0 Å². The number of halogens is 1. The maximum absolute atomic E-state index is 12.1. The molecule has 0 bridgehead atoms. The lowest BCUT2D eigenvalue weighted by Crippen LogP contribution is -2.46. The molecule has 1 saturated carbocycles. The zero-order chi connectivity index (χ0) is 17.4. The van der Waals surface area contributed by atoms with E-state index in [0.717, 1.165) is 44.3 Å². The highest BCUT2D eigenvalue weighted by molar-refractivity contribution is 6.30. The van der Waals surface area contributed by atoms with Gasteiger partial charge < -0.3 is 15.4 Å². The van der Waals surface area contributed by atoms with Gasteiger partial charge in [-0.05, 0) is 49.8 Å². The summed E-state index contributed by atoms with van der Waals surface area (Å²) in [5, 5.41) is 7.10. The standard InChI is InChI=1S/C19H21ClN2O3/c20-13-6-4-12(5-7-13)11-21-15-16(18(24)17(15)23)22-14-3-1-8-19(14)9-2-10-25-19/h4-7,14,21-22H,1-3,8-11H2. The second kappa shape index (κ2) is 6.46. The fourth-order valence-electron chi connectivity index (χ4n) is 4.10. The first-order chi connectivity index (χ1) is 12.1. The number of hydrogen-bond acceptors (Lipinski definition) is 5. The summed E-state index contributed by atoms with van der Waals surface area (Å²) in [7, 11) is 0. The van der Waals surface area contributed by atoms with Crippen LogP contribution >= 0.6 is 11.6 Å². The van der Waals surface area contributed by atoms with Crippen molar-refractivity contribution in [2.45, 2.75) is 50.3 Å². The van der Waals surface area contributed by atoms with E-state index >= 15 is 0 Å². The van der Waals surface area contributed by atoms with Gasteiger partial charge in [0.2, 0.25) is 0 Å². The SMILES string of the molecule is O=c1c(NCc2ccc(Cl)cc2)c(NC2CCCC23CCCO3)c1=O. The minimum Gasteiger partial charge on any atom is -0.376 e. The van der Waals surface area contributed by atoms with Crippen molar-refractivity contribution in [1.29, 1.82) is 0 Å². The minimum absolute atomic E-state index is 0.106. The van der Waals surface area contributed by atoms with Crippen LogP contribution in [0.25, 0.3) is 0 Å². The molecule has 25 heavy (non-hydrogen) atoms. The Morgan fingerprint density at radius 1 is 1.08 bits per heavy atom. The molecule has 1 saturated heterocycles. The number of anilines is 2. The molecule has 2 fully saturated rings. The third-order valence-electron chi connectivity index (χ3n) is 5.47. The van der Waals surface area contributed by atoms with Gasteiger partial charge in [-0.15, -0.1) is 0 Å². The van der Waals surface area contributed by atoms with Crippen molar-refractivity contribution in [3.05, 3.63) is 55.3 Å². The summed E-state index contributed by atoms with van der Waals surface area (Å²) in [6.07, 6.45) is 5.16. The molecule has 1 aliphatic heterocycles. The number of benzene rings is 1. The van der Waals surface area contributed by atoms with Crippen LogP contribution in [-0.2, 0) is 11.3 Å². The highest BCUT2D eigenvalue weighted by Gasteiger charge is 2.47. The van der Waals surface area contributed by atoms with Crippen LogP contribution in [-0.4, -0.2) is 18.2 Å². The van der Waals surface area contributed by atoms with E-state index in [9.17, 15) is 9.59 Å². The van der Waals surface area contributed by atoms with E-state index in [1.165, 1.54) is 0 Å². The molecule has 0 radical (unpaired) electrons. The number of hydrogen-bond donors (Lipinski definition) is 2. The van der Waals surface area contributed by atoms with Crippen LogP contribution in [0.2, 0.25) is 5.02 Å². The van der Waals surface area contributed by atoms with Gasteiger partial charge in [0.15, 0.2) is 0 Å². The zero-order valence-electron chi connectivity index (χ0n) is 13.9. The second-order valence-electron chi connectivity index (χ2n) is 6.99. The first-order valence-corrected chi connectivity index (χ1v) is 9.19. The molecule has 2 atom stereocenters. The van der Waals surface area contributed by atoms with Crippen LogP contribution in [0.5, 0.6) is 0 Å². The van der Waals surface area contributed by atoms with Gasteiger partial charge in [0.05, 0.1) is 11.6 Å². The lowest BCUT2D eigenvalue weighted by molar-refractivity contribution is 0.00274. The smallest absolute Gasteiger partial charge is 0.253 e. The fraction of sp³-hybridized carbons (Fsp3) is 0.474. The molecule has 2 aliphatic rings. The maximum atomic E-state index is 12.1. The Bertz CT molecular complexity index is 828. The number of rotatable bonds is 5. The van der Waals surface area contributed by atoms with Crippen molar-refractivity contribution < 1.29 is 4.74 Å². The molecule has 2 N–H and O–H groups in total. The lowest BCUT2D eigenvalue weighted by Gasteiger charge is -2.32. The Labute approximate surface area is 151 Å². The van der Waals surface area contributed by atoms with Gasteiger partial charge in [0.1, 0.15) is 11.4 Å². The normalized spacial score (nSPS) is 25.7. The average molecular weight is 361 g/mol.